The van der Waals surface area contributed by atoms with E-state index in [0.717, 1.165) is 17.7 Å². The number of nitro benzene ring substituents is 2. The van der Waals surface area contributed by atoms with Crippen LogP contribution in [0.5, 0.6) is 0 Å². The van der Waals surface area contributed by atoms with E-state index in [-0.39, 0.29) is 9.79 Å². The zero-order valence-corrected chi connectivity index (χ0v) is 17.6. The van der Waals surface area contributed by atoms with Crippen LogP contribution in [0, 0.1) is 27.2 Å². The van der Waals surface area contributed by atoms with Gasteiger partial charge in [-0.25, -0.2) is 4.31 Å². The maximum atomic E-state index is 12.9. The number of hydrogen-bond acceptors (Lipinski definition) is 6. The Morgan fingerprint density at radius 3 is 2.07 bits per heavy atom. The van der Waals surface area contributed by atoms with Crippen LogP contribution in [-0.2, 0) is 20.9 Å². The first-order chi connectivity index (χ1) is 13.6. The Kier molecular flexibility index (Phi) is 7.16. The minimum Gasteiger partial charge on any atom is -0.258 e. The van der Waals surface area contributed by atoms with Gasteiger partial charge in [0.1, 0.15) is 4.90 Å². The van der Waals surface area contributed by atoms with Crippen LogP contribution in [-0.4, -0.2) is 35.7 Å². The first kappa shape index (κ1) is 22.6. The second-order valence-corrected chi connectivity index (χ2v) is 9.41. The van der Waals surface area contributed by atoms with Crippen molar-refractivity contribution in [1.29, 1.82) is 0 Å². The first-order valence-electron chi connectivity index (χ1n) is 8.57. The summed E-state index contributed by atoms with van der Waals surface area (Å²) in [6.07, 6.45) is 0. The average Bonchev–Trinajstić information content (AvgIpc) is 2.67. The molecule has 0 bridgehead atoms. The lowest BCUT2D eigenvalue weighted by molar-refractivity contribution is -0.396. The van der Waals surface area contributed by atoms with Crippen LogP contribution in [0.25, 0.3) is 0 Å². The number of hydrogen-bond donors (Lipinski definition) is 0. The third-order valence-corrected chi connectivity index (χ3v) is 7.95. The molecule has 1 atom stereocenters. The molecule has 0 aliphatic carbocycles. The van der Waals surface area contributed by atoms with Crippen molar-refractivity contribution < 1.29 is 18.3 Å². The molecule has 0 fully saturated rings. The number of aryl methyl sites for hydroxylation is 1. The summed E-state index contributed by atoms with van der Waals surface area (Å²) in [5.74, 6) is 0. The summed E-state index contributed by atoms with van der Waals surface area (Å²) in [4.78, 5) is 21.0. The molecular formula is C17H20N4O6S2. The number of rotatable bonds is 8. The highest BCUT2D eigenvalue weighted by Crippen LogP contribution is 2.31. The second kappa shape index (κ2) is 9.20. The van der Waals surface area contributed by atoms with Crippen LogP contribution in [0.4, 0.5) is 11.4 Å². The summed E-state index contributed by atoms with van der Waals surface area (Å²) in [7, 11) is -5.67. The Labute approximate surface area is 170 Å². The average molecular weight is 441 g/mol. The second-order valence-electron chi connectivity index (χ2n) is 5.91. The van der Waals surface area contributed by atoms with Crippen LogP contribution in [0.3, 0.4) is 0 Å². The number of nitro groups is 2. The summed E-state index contributed by atoms with van der Waals surface area (Å²) in [6, 6.07) is 9.24. The van der Waals surface area contributed by atoms with E-state index in [1.165, 1.54) is 18.2 Å². The number of sulfonamides is 1. The van der Waals surface area contributed by atoms with E-state index in [4.69, 9.17) is 0 Å². The molecule has 156 valence electrons. The Hall–Kier alpha value is -2.70. The smallest absolute Gasteiger partial charge is 0.258 e. The van der Waals surface area contributed by atoms with E-state index >= 15 is 0 Å². The molecule has 2 aromatic rings. The molecule has 12 heteroatoms. The molecule has 29 heavy (non-hydrogen) atoms. The van der Waals surface area contributed by atoms with Gasteiger partial charge in [-0.05, 0) is 25.1 Å². The van der Waals surface area contributed by atoms with E-state index in [9.17, 15) is 28.6 Å². The zero-order chi connectivity index (χ0) is 21.8. The minimum absolute atomic E-state index is 0.0000123. The lowest BCUT2D eigenvalue weighted by atomic mass is 10.2. The summed E-state index contributed by atoms with van der Waals surface area (Å²) < 4.78 is 31.4. The summed E-state index contributed by atoms with van der Waals surface area (Å²) >= 11 is 0. The first-order valence-corrected chi connectivity index (χ1v) is 11.2. The van der Waals surface area contributed by atoms with Gasteiger partial charge in [0.2, 0.25) is 0 Å². The largest absolute Gasteiger partial charge is 0.292 e. The van der Waals surface area contributed by atoms with E-state index in [0.29, 0.717) is 13.1 Å². The fraction of sp³-hybridized carbons (Fsp3) is 0.294. The zero-order valence-electron chi connectivity index (χ0n) is 16.0. The van der Waals surface area contributed by atoms with Crippen molar-refractivity contribution in [2.45, 2.75) is 30.6 Å². The van der Waals surface area contributed by atoms with Gasteiger partial charge in [0.05, 0.1) is 20.8 Å². The molecule has 2 rings (SSSR count). The number of non-ortho nitro benzene ring substituents is 1. The van der Waals surface area contributed by atoms with Crippen molar-refractivity contribution in [2.75, 3.05) is 13.1 Å². The Balaban J connectivity index is 2.75. The highest BCUT2D eigenvalue weighted by atomic mass is 32.3. The van der Waals surface area contributed by atoms with E-state index < -0.39 is 42.1 Å². The molecule has 0 spiro atoms. The quantitative estimate of drug-likeness (QED) is 0.451. The third kappa shape index (κ3) is 5.22. The van der Waals surface area contributed by atoms with Gasteiger partial charge < -0.3 is 0 Å². The molecule has 2 aromatic carbocycles. The summed E-state index contributed by atoms with van der Waals surface area (Å²) in [5, 5.41) is 22.6. The standard InChI is InChI=1S/C17H20N4O6S2/c1-4-19(5-2)28(18-29(26,27)15-9-6-13(3)7-10-15)17-11-8-14(20(22)23)12-16(17)21(24)25/h6-12H,4-5H2,1-3H3. The lowest BCUT2D eigenvalue weighted by Crippen LogP contribution is -2.26. The van der Waals surface area contributed by atoms with Gasteiger partial charge in [0, 0.05) is 30.0 Å². The van der Waals surface area contributed by atoms with E-state index in [1.54, 1.807) is 30.3 Å². The lowest BCUT2D eigenvalue weighted by Gasteiger charge is -2.21. The third-order valence-electron chi connectivity index (χ3n) is 3.98. The van der Waals surface area contributed by atoms with Crippen LogP contribution in [0.2, 0.25) is 0 Å². The Morgan fingerprint density at radius 2 is 1.59 bits per heavy atom. The van der Waals surface area contributed by atoms with Gasteiger partial charge in [-0.1, -0.05) is 31.5 Å². The molecule has 0 heterocycles. The number of benzene rings is 2. The molecule has 0 saturated heterocycles. The fourth-order valence-corrected chi connectivity index (χ4v) is 6.00. The highest BCUT2D eigenvalue weighted by Gasteiger charge is 2.27. The molecule has 0 aliphatic heterocycles. The maximum absolute atomic E-state index is 12.9. The topological polar surface area (TPSA) is 136 Å². The fourth-order valence-electron chi connectivity index (χ4n) is 2.46. The van der Waals surface area contributed by atoms with Crippen LogP contribution in [0.15, 0.2) is 56.0 Å². The van der Waals surface area contributed by atoms with Gasteiger partial charge in [-0.2, -0.15) is 8.42 Å². The molecule has 0 N–H and O–H groups in total. The van der Waals surface area contributed by atoms with Crippen molar-refractivity contribution >= 4 is 32.3 Å². The van der Waals surface area contributed by atoms with Crippen LogP contribution >= 0.6 is 0 Å². The normalized spacial score (nSPS) is 12.8. The monoisotopic (exact) mass is 440 g/mol. The van der Waals surface area contributed by atoms with Crippen LogP contribution in [0.1, 0.15) is 19.4 Å². The number of nitrogens with zero attached hydrogens (tertiary/aromatic N) is 4. The molecule has 0 aliphatic rings. The molecule has 0 radical (unpaired) electrons. The molecule has 0 saturated carbocycles. The molecule has 1 unspecified atom stereocenters. The predicted molar refractivity (Wildman–Crippen MR) is 109 cm³/mol. The Bertz CT molecular complexity index is 1060. The Morgan fingerprint density at radius 1 is 1.00 bits per heavy atom. The van der Waals surface area contributed by atoms with Gasteiger partial charge >= 0.3 is 0 Å². The summed E-state index contributed by atoms with van der Waals surface area (Å²) in [5.41, 5.74) is -0.125. The molecule has 0 aromatic heterocycles. The SMILES string of the molecule is CCN(CC)/S(=N\S(=O)(=O)c1ccc(C)cc1)c1ccc([N+](=O)[O-])cc1[N+](=O)[O-]. The van der Waals surface area contributed by atoms with Gasteiger partial charge in [0.15, 0.2) is 0 Å². The highest BCUT2D eigenvalue weighted by molar-refractivity contribution is 7.99. The minimum atomic E-state index is -4.12. The van der Waals surface area contributed by atoms with Crippen molar-refractivity contribution in [2.24, 2.45) is 3.77 Å². The van der Waals surface area contributed by atoms with Crippen molar-refractivity contribution in [1.82, 2.24) is 4.31 Å². The van der Waals surface area contributed by atoms with E-state index in [2.05, 4.69) is 3.77 Å². The molecular weight excluding hydrogens is 420 g/mol. The summed E-state index contributed by atoms with van der Waals surface area (Å²) in [6.45, 7) is 6.11. The molecule has 10 nitrogen and oxygen atoms in total. The van der Waals surface area contributed by atoms with Gasteiger partial charge in [-0.3, -0.25) is 20.2 Å². The van der Waals surface area contributed by atoms with Crippen molar-refractivity contribution in [3.05, 3.63) is 68.3 Å². The van der Waals surface area contributed by atoms with Gasteiger partial charge in [0.25, 0.3) is 21.4 Å². The predicted octanol–water partition coefficient (Wildman–Crippen LogP) is 3.62. The van der Waals surface area contributed by atoms with E-state index in [1.807, 2.05) is 6.92 Å². The van der Waals surface area contributed by atoms with Crippen LogP contribution < -0.4 is 0 Å². The maximum Gasteiger partial charge on any atom is 0.292 e. The van der Waals surface area contributed by atoms with Crippen molar-refractivity contribution in [3.63, 3.8) is 0 Å². The molecule has 0 amide bonds. The van der Waals surface area contributed by atoms with Gasteiger partial charge in [-0.15, -0.1) is 3.77 Å². The van der Waals surface area contributed by atoms with Crippen molar-refractivity contribution in [3.8, 4) is 0 Å².